The van der Waals surface area contributed by atoms with E-state index in [0.29, 0.717) is 38.0 Å². The van der Waals surface area contributed by atoms with Crippen molar-refractivity contribution < 1.29 is 14.7 Å². The molecule has 1 atom stereocenters. The van der Waals surface area contributed by atoms with E-state index < -0.39 is 5.97 Å². The first-order valence-electron chi connectivity index (χ1n) is 8.22. The fraction of sp³-hybridized carbons (Fsp3) is 0.389. The standard InChI is InChI=1S/C18H21N3O3/c22-17(20-9-4-7-15(8-10-20)18(23)24)16-11-19-21(13-16)12-14-5-2-1-3-6-14/h1-3,5-6,11,13,15H,4,7-10,12H2,(H,23,24). The monoisotopic (exact) mass is 327 g/mol. The number of hydrogen-bond donors (Lipinski definition) is 1. The summed E-state index contributed by atoms with van der Waals surface area (Å²) < 4.78 is 1.75. The molecule has 3 rings (SSSR count). The van der Waals surface area contributed by atoms with E-state index in [-0.39, 0.29) is 11.8 Å². The fourth-order valence-corrected chi connectivity index (χ4v) is 3.06. The van der Waals surface area contributed by atoms with Crippen molar-refractivity contribution in [3.8, 4) is 0 Å². The van der Waals surface area contributed by atoms with Crippen LogP contribution in [0.1, 0.15) is 35.2 Å². The maximum absolute atomic E-state index is 12.6. The minimum absolute atomic E-state index is 0.0691. The zero-order valence-corrected chi connectivity index (χ0v) is 13.5. The molecule has 126 valence electrons. The molecule has 1 aromatic carbocycles. The van der Waals surface area contributed by atoms with Gasteiger partial charge in [0.25, 0.3) is 5.91 Å². The molecule has 1 unspecified atom stereocenters. The van der Waals surface area contributed by atoms with Crippen LogP contribution in [0.2, 0.25) is 0 Å². The fourth-order valence-electron chi connectivity index (χ4n) is 3.06. The number of carbonyl (C=O) groups excluding carboxylic acids is 1. The summed E-state index contributed by atoms with van der Waals surface area (Å²) in [6.07, 6.45) is 5.21. The predicted octanol–water partition coefficient (Wildman–Crippen LogP) is 2.26. The van der Waals surface area contributed by atoms with Crippen LogP contribution >= 0.6 is 0 Å². The molecule has 1 aliphatic heterocycles. The number of rotatable bonds is 4. The van der Waals surface area contributed by atoms with E-state index in [1.807, 2.05) is 30.3 Å². The first kappa shape index (κ1) is 16.2. The highest BCUT2D eigenvalue weighted by atomic mass is 16.4. The molecule has 1 amide bonds. The number of hydrogen-bond acceptors (Lipinski definition) is 3. The van der Waals surface area contributed by atoms with E-state index in [9.17, 15) is 9.59 Å². The Balaban J connectivity index is 1.64. The van der Waals surface area contributed by atoms with E-state index >= 15 is 0 Å². The van der Waals surface area contributed by atoms with Gasteiger partial charge in [0.2, 0.25) is 0 Å². The van der Waals surface area contributed by atoms with Crippen LogP contribution in [0.15, 0.2) is 42.7 Å². The number of benzene rings is 1. The van der Waals surface area contributed by atoms with Crippen LogP contribution in [-0.4, -0.2) is 44.8 Å². The molecule has 6 heteroatoms. The Morgan fingerprint density at radius 2 is 1.96 bits per heavy atom. The number of aliphatic carboxylic acids is 1. The molecule has 0 spiro atoms. The lowest BCUT2D eigenvalue weighted by Gasteiger charge is -2.19. The summed E-state index contributed by atoms with van der Waals surface area (Å²) in [5, 5.41) is 13.4. The van der Waals surface area contributed by atoms with Gasteiger partial charge >= 0.3 is 5.97 Å². The van der Waals surface area contributed by atoms with Crippen molar-refractivity contribution in [1.29, 1.82) is 0 Å². The third-order valence-corrected chi connectivity index (χ3v) is 4.43. The number of carbonyl (C=O) groups is 2. The topological polar surface area (TPSA) is 75.4 Å². The van der Waals surface area contributed by atoms with E-state index in [1.54, 1.807) is 22.0 Å². The largest absolute Gasteiger partial charge is 0.481 e. The summed E-state index contributed by atoms with van der Waals surface area (Å²) in [5.41, 5.74) is 1.68. The van der Waals surface area contributed by atoms with Crippen molar-refractivity contribution in [1.82, 2.24) is 14.7 Å². The smallest absolute Gasteiger partial charge is 0.306 e. The number of nitrogens with zero attached hydrogens (tertiary/aromatic N) is 3. The Labute approximate surface area is 140 Å². The predicted molar refractivity (Wildman–Crippen MR) is 88.7 cm³/mol. The van der Waals surface area contributed by atoms with Crippen molar-refractivity contribution in [2.75, 3.05) is 13.1 Å². The highest BCUT2D eigenvalue weighted by molar-refractivity contribution is 5.93. The summed E-state index contributed by atoms with van der Waals surface area (Å²) in [5.74, 6) is -1.18. The maximum Gasteiger partial charge on any atom is 0.306 e. The van der Waals surface area contributed by atoms with Gasteiger partial charge in [-0.15, -0.1) is 0 Å². The number of carboxylic acid groups (broad SMARTS) is 1. The average Bonchev–Trinajstić information content (AvgIpc) is 2.90. The van der Waals surface area contributed by atoms with Crippen LogP contribution in [0.4, 0.5) is 0 Å². The average molecular weight is 327 g/mol. The van der Waals surface area contributed by atoms with E-state index in [2.05, 4.69) is 5.10 Å². The second-order valence-electron chi connectivity index (χ2n) is 6.17. The lowest BCUT2D eigenvalue weighted by atomic mass is 10.0. The van der Waals surface area contributed by atoms with Gasteiger partial charge in [0.15, 0.2) is 0 Å². The molecule has 24 heavy (non-hydrogen) atoms. The van der Waals surface area contributed by atoms with Gasteiger partial charge < -0.3 is 10.0 Å². The Kier molecular flexibility index (Phi) is 4.93. The third-order valence-electron chi connectivity index (χ3n) is 4.43. The number of likely N-dealkylation sites (tertiary alicyclic amines) is 1. The molecule has 0 bridgehead atoms. The molecule has 0 aliphatic carbocycles. The quantitative estimate of drug-likeness (QED) is 0.934. The van der Waals surface area contributed by atoms with E-state index in [0.717, 1.165) is 12.0 Å². The van der Waals surface area contributed by atoms with E-state index in [4.69, 9.17) is 5.11 Å². The summed E-state index contributed by atoms with van der Waals surface area (Å²) in [6, 6.07) is 9.95. The second-order valence-corrected chi connectivity index (χ2v) is 6.17. The SMILES string of the molecule is O=C(O)C1CCCN(C(=O)c2cnn(Cc3ccccc3)c2)CC1. The molecule has 6 nitrogen and oxygen atoms in total. The third kappa shape index (κ3) is 3.82. The Bertz CT molecular complexity index is 711. The van der Waals surface area contributed by atoms with Crippen LogP contribution in [-0.2, 0) is 11.3 Å². The molecule has 2 heterocycles. The Morgan fingerprint density at radius 1 is 1.17 bits per heavy atom. The molecule has 1 fully saturated rings. The zero-order chi connectivity index (χ0) is 16.9. The van der Waals surface area contributed by atoms with Gasteiger partial charge in [-0.05, 0) is 24.8 Å². The van der Waals surface area contributed by atoms with Gasteiger partial charge in [0, 0.05) is 19.3 Å². The zero-order valence-electron chi connectivity index (χ0n) is 13.5. The minimum atomic E-state index is -0.764. The summed E-state index contributed by atoms with van der Waals surface area (Å²) >= 11 is 0. The summed E-state index contributed by atoms with van der Waals surface area (Å²) in [4.78, 5) is 25.5. The molecule has 1 aromatic heterocycles. The van der Waals surface area contributed by atoms with Crippen LogP contribution < -0.4 is 0 Å². The first-order chi connectivity index (χ1) is 11.6. The highest BCUT2D eigenvalue weighted by Gasteiger charge is 2.25. The van der Waals surface area contributed by atoms with Crippen LogP contribution in [0.5, 0.6) is 0 Å². The van der Waals surface area contributed by atoms with Gasteiger partial charge in [-0.2, -0.15) is 5.10 Å². The molecule has 0 saturated carbocycles. The van der Waals surface area contributed by atoms with Gasteiger partial charge in [0.05, 0.1) is 24.2 Å². The Morgan fingerprint density at radius 3 is 2.71 bits per heavy atom. The van der Waals surface area contributed by atoms with Crippen LogP contribution in [0, 0.1) is 5.92 Å². The molecule has 1 N–H and O–H groups in total. The molecule has 2 aromatic rings. The normalized spacial score (nSPS) is 18.2. The number of amides is 1. The summed E-state index contributed by atoms with van der Waals surface area (Å²) in [6.45, 7) is 1.71. The van der Waals surface area contributed by atoms with Crippen molar-refractivity contribution in [3.63, 3.8) is 0 Å². The van der Waals surface area contributed by atoms with E-state index in [1.165, 1.54) is 0 Å². The van der Waals surface area contributed by atoms with Crippen molar-refractivity contribution in [2.45, 2.75) is 25.8 Å². The Hall–Kier alpha value is -2.63. The molecular weight excluding hydrogens is 306 g/mol. The van der Waals surface area contributed by atoms with Gasteiger partial charge in [0.1, 0.15) is 0 Å². The maximum atomic E-state index is 12.6. The van der Waals surface area contributed by atoms with Crippen molar-refractivity contribution in [2.24, 2.45) is 5.92 Å². The lowest BCUT2D eigenvalue weighted by Crippen LogP contribution is -2.32. The second kappa shape index (κ2) is 7.29. The molecule has 1 aliphatic rings. The van der Waals surface area contributed by atoms with Gasteiger partial charge in [-0.1, -0.05) is 30.3 Å². The van der Waals surface area contributed by atoms with Gasteiger partial charge in [-0.3, -0.25) is 14.3 Å². The van der Waals surface area contributed by atoms with Gasteiger partial charge in [-0.25, -0.2) is 0 Å². The number of carboxylic acids is 1. The molecule has 1 saturated heterocycles. The highest BCUT2D eigenvalue weighted by Crippen LogP contribution is 2.19. The first-order valence-corrected chi connectivity index (χ1v) is 8.22. The molecular formula is C18H21N3O3. The van der Waals surface area contributed by atoms with Crippen LogP contribution in [0.25, 0.3) is 0 Å². The lowest BCUT2D eigenvalue weighted by molar-refractivity contribution is -0.142. The summed E-state index contributed by atoms with van der Waals surface area (Å²) in [7, 11) is 0. The van der Waals surface area contributed by atoms with Crippen molar-refractivity contribution >= 4 is 11.9 Å². The minimum Gasteiger partial charge on any atom is -0.481 e. The van der Waals surface area contributed by atoms with Crippen LogP contribution in [0.3, 0.4) is 0 Å². The number of aromatic nitrogens is 2. The van der Waals surface area contributed by atoms with Crippen molar-refractivity contribution in [3.05, 3.63) is 53.9 Å². The molecule has 0 radical (unpaired) electrons.